The summed E-state index contributed by atoms with van der Waals surface area (Å²) >= 11 is 1.24. The number of rotatable bonds is 10. The van der Waals surface area contributed by atoms with Crippen LogP contribution in [0.3, 0.4) is 0 Å². The fourth-order valence-corrected chi connectivity index (χ4v) is 4.48. The van der Waals surface area contributed by atoms with Gasteiger partial charge in [0.15, 0.2) is 17.6 Å². The van der Waals surface area contributed by atoms with Gasteiger partial charge in [-0.15, -0.1) is 10.2 Å². The molecule has 34 heavy (non-hydrogen) atoms. The molecular formula is C25H30N4O4S. The third-order valence-corrected chi connectivity index (χ3v) is 6.50. The Morgan fingerprint density at radius 2 is 1.74 bits per heavy atom. The lowest BCUT2D eigenvalue weighted by molar-refractivity contribution is -0.129. The van der Waals surface area contributed by atoms with E-state index in [2.05, 4.69) is 41.1 Å². The Hall–Kier alpha value is -3.20. The van der Waals surface area contributed by atoms with Crippen molar-refractivity contribution in [3.63, 3.8) is 0 Å². The maximum Gasteiger partial charge on any atom is 0.277 e. The van der Waals surface area contributed by atoms with Crippen molar-refractivity contribution in [2.24, 2.45) is 0 Å². The molecule has 0 bridgehead atoms. The monoisotopic (exact) mass is 482 g/mol. The number of amides is 1. The maximum absolute atomic E-state index is 12.8. The zero-order valence-corrected chi connectivity index (χ0v) is 20.6. The Morgan fingerprint density at radius 3 is 2.44 bits per heavy atom. The summed E-state index contributed by atoms with van der Waals surface area (Å²) in [5.74, 6) is 2.08. The molecule has 0 saturated carbocycles. The van der Waals surface area contributed by atoms with Gasteiger partial charge in [0.1, 0.15) is 6.61 Å². The van der Waals surface area contributed by atoms with Gasteiger partial charge in [-0.2, -0.15) is 0 Å². The summed E-state index contributed by atoms with van der Waals surface area (Å²) in [4.78, 5) is 16.8. The second-order valence-corrected chi connectivity index (χ2v) is 8.74. The van der Waals surface area contributed by atoms with Gasteiger partial charge in [0.05, 0.1) is 12.3 Å². The van der Waals surface area contributed by atoms with Gasteiger partial charge < -0.3 is 23.7 Å². The maximum atomic E-state index is 12.8. The molecule has 0 radical (unpaired) electrons. The predicted molar refractivity (Wildman–Crippen MR) is 133 cm³/mol. The number of para-hydroxylation sites is 2. The quantitative estimate of drug-likeness (QED) is 0.394. The highest BCUT2D eigenvalue weighted by atomic mass is 32.2. The SMILES string of the molecule is CCN(CC1COc2ccccc2O1)C(=O)CSc1nnc(-c2ccc(N(CC)CC)cc2)o1. The second kappa shape index (κ2) is 11.3. The minimum Gasteiger partial charge on any atom is -0.486 e. The summed E-state index contributed by atoms with van der Waals surface area (Å²) < 4.78 is 17.5. The predicted octanol–water partition coefficient (Wildman–Crippen LogP) is 4.36. The molecule has 8 nitrogen and oxygen atoms in total. The first kappa shape index (κ1) is 23.9. The van der Waals surface area contributed by atoms with E-state index in [-0.39, 0.29) is 17.8 Å². The molecule has 0 fully saturated rings. The molecule has 1 aliphatic heterocycles. The molecule has 3 aromatic rings. The lowest BCUT2D eigenvalue weighted by atomic mass is 10.2. The number of thioether (sulfide) groups is 1. The van der Waals surface area contributed by atoms with Crippen LogP contribution in [0, 0.1) is 0 Å². The van der Waals surface area contributed by atoms with E-state index in [1.165, 1.54) is 11.8 Å². The van der Waals surface area contributed by atoms with E-state index in [1.54, 1.807) is 4.90 Å². The second-order valence-electron chi connectivity index (χ2n) is 7.81. The van der Waals surface area contributed by atoms with Crippen molar-refractivity contribution in [3.05, 3.63) is 48.5 Å². The number of nitrogens with zero attached hydrogens (tertiary/aromatic N) is 4. The number of hydrogen-bond acceptors (Lipinski definition) is 8. The van der Waals surface area contributed by atoms with Crippen LogP contribution in [0.1, 0.15) is 20.8 Å². The number of anilines is 1. The number of aromatic nitrogens is 2. The fraction of sp³-hybridized carbons (Fsp3) is 0.400. The molecule has 2 aromatic carbocycles. The van der Waals surface area contributed by atoms with Crippen molar-refractivity contribution >= 4 is 23.4 Å². The summed E-state index contributed by atoms with van der Waals surface area (Å²) in [6.07, 6.45) is -0.210. The minimum absolute atomic E-state index is 0.0155. The number of hydrogen-bond donors (Lipinski definition) is 0. The molecule has 0 N–H and O–H groups in total. The van der Waals surface area contributed by atoms with Gasteiger partial charge in [0, 0.05) is 30.9 Å². The minimum atomic E-state index is -0.210. The standard InChI is InChI=1S/C25H30N4O4S/c1-4-28(5-2)19-13-11-18(12-14-19)24-26-27-25(33-24)34-17-23(30)29(6-3)15-20-16-31-21-9-7-8-10-22(21)32-20/h7-14,20H,4-6,15-17H2,1-3H3. The molecule has 1 atom stereocenters. The number of benzene rings is 2. The highest BCUT2D eigenvalue weighted by Gasteiger charge is 2.25. The zero-order chi connectivity index (χ0) is 23.9. The first-order chi connectivity index (χ1) is 16.6. The van der Waals surface area contributed by atoms with E-state index in [1.807, 2.05) is 43.3 Å². The van der Waals surface area contributed by atoms with E-state index in [4.69, 9.17) is 13.9 Å². The van der Waals surface area contributed by atoms with E-state index < -0.39 is 0 Å². The van der Waals surface area contributed by atoms with Crippen LogP contribution in [0.4, 0.5) is 5.69 Å². The first-order valence-corrected chi connectivity index (χ1v) is 12.6. The van der Waals surface area contributed by atoms with Crippen LogP contribution in [0.5, 0.6) is 11.5 Å². The zero-order valence-electron chi connectivity index (χ0n) is 19.8. The van der Waals surface area contributed by atoms with Gasteiger partial charge in [0.25, 0.3) is 5.22 Å². The smallest absolute Gasteiger partial charge is 0.277 e. The van der Waals surface area contributed by atoms with Crippen LogP contribution in [-0.2, 0) is 4.79 Å². The molecule has 0 spiro atoms. The van der Waals surface area contributed by atoms with Crippen molar-refractivity contribution in [3.8, 4) is 23.0 Å². The lowest BCUT2D eigenvalue weighted by Gasteiger charge is -2.30. The van der Waals surface area contributed by atoms with Gasteiger partial charge >= 0.3 is 0 Å². The third kappa shape index (κ3) is 5.64. The molecule has 1 aromatic heterocycles. The molecule has 0 saturated heterocycles. The molecule has 1 amide bonds. The van der Waals surface area contributed by atoms with E-state index >= 15 is 0 Å². The molecule has 9 heteroatoms. The molecule has 2 heterocycles. The van der Waals surface area contributed by atoms with Crippen molar-refractivity contribution in [1.82, 2.24) is 15.1 Å². The van der Waals surface area contributed by atoms with Crippen LogP contribution < -0.4 is 14.4 Å². The van der Waals surface area contributed by atoms with Crippen molar-refractivity contribution < 1.29 is 18.7 Å². The summed E-state index contributed by atoms with van der Waals surface area (Å²) in [5, 5.41) is 8.62. The molecule has 0 aliphatic carbocycles. The number of carbonyl (C=O) groups excluding carboxylic acids is 1. The third-order valence-electron chi connectivity index (χ3n) is 5.69. The number of carbonyl (C=O) groups is 1. The van der Waals surface area contributed by atoms with Crippen LogP contribution in [-0.4, -0.2) is 65.6 Å². The largest absolute Gasteiger partial charge is 0.486 e. The Morgan fingerprint density at radius 1 is 1.00 bits per heavy atom. The summed E-state index contributed by atoms with van der Waals surface area (Å²) in [7, 11) is 0. The Balaban J connectivity index is 1.30. The van der Waals surface area contributed by atoms with Crippen LogP contribution in [0.25, 0.3) is 11.5 Å². The molecule has 180 valence electrons. The van der Waals surface area contributed by atoms with Crippen molar-refractivity contribution in [1.29, 1.82) is 0 Å². The van der Waals surface area contributed by atoms with Gasteiger partial charge in [-0.25, -0.2) is 0 Å². The number of likely N-dealkylation sites (N-methyl/N-ethyl adjacent to an activating group) is 1. The van der Waals surface area contributed by atoms with Crippen LogP contribution in [0.2, 0.25) is 0 Å². The lowest BCUT2D eigenvalue weighted by Crippen LogP contribution is -2.44. The van der Waals surface area contributed by atoms with Crippen LogP contribution in [0.15, 0.2) is 58.2 Å². The highest BCUT2D eigenvalue weighted by molar-refractivity contribution is 7.99. The van der Waals surface area contributed by atoms with Crippen molar-refractivity contribution in [2.75, 3.05) is 43.4 Å². The van der Waals surface area contributed by atoms with E-state index in [0.29, 0.717) is 36.6 Å². The molecule has 4 rings (SSSR count). The van der Waals surface area contributed by atoms with Gasteiger partial charge in [-0.1, -0.05) is 23.9 Å². The van der Waals surface area contributed by atoms with Crippen LogP contribution >= 0.6 is 11.8 Å². The normalized spacial score (nSPS) is 14.6. The fourth-order valence-electron chi connectivity index (χ4n) is 3.81. The Labute approximate surface area is 204 Å². The Kier molecular flexibility index (Phi) is 7.95. The van der Waals surface area contributed by atoms with Gasteiger partial charge in [-0.05, 0) is 57.2 Å². The summed E-state index contributed by atoms with van der Waals surface area (Å²) in [5.41, 5.74) is 2.01. The van der Waals surface area contributed by atoms with Gasteiger partial charge in [-0.3, -0.25) is 4.79 Å². The first-order valence-electron chi connectivity index (χ1n) is 11.6. The average Bonchev–Trinajstić information content (AvgIpc) is 3.36. The highest BCUT2D eigenvalue weighted by Crippen LogP contribution is 2.31. The molecule has 1 unspecified atom stereocenters. The number of fused-ring (bicyclic) bond motifs is 1. The number of ether oxygens (including phenoxy) is 2. The molecular weight excluding hydrogens is 452 g/mol. The molecule has 1 aliphatic rings. The Bertz CT molecular complexity index is 1080. The van der Waals surface area contributed by atoms with E-state index in [0.717, 1.165) is 30.1 Å². The van der Waals surface area contributed by atoms with E-state index in [9.17, 15) is 4.79 Å². The average molecular weight is 483 g/mol. The van der Waals surface area contributed by atoms with Gasteiger partial charge in [0.2, 0.25) is 11.8 Å². The summed E-state index contributed by atoms with van der Waals surface area (Å²) in [6, 6.07) is 15.6. The topological polar surface area (TPSA) is 80.9 Å². The van der Waals surface area contributed by atoms with Crippen molar-refractivity contribution in [2.45, 2.75) is 32.1 Å². The summed E-state index contributed by atoms with van der Waals surface area (Å²) in [6.45, 7) is 9.57.